The number of carbonyl (C=O) groups is 1. The lowest BCUT2D eigenvalue weighted by Crippen LogP contribution is -2.45. The lowest BCUT2D eigenvalue weighted by molar-refractivity contribution is -0.133. The molecule has 1 atom stereocenters. The van der Waals surface area contributed by atoms with Crippen LogP contribution in [0.2, 0.25) is 0 Å². The van der Waals surface area contributed by atoms with Crippen LogP contribution in [0, 0.1) is 13.8 Å². The van der Waals surface area contributed by atoms with E-state index in [1.807, 2.05) is 43.0 Å². The quantitative estimate of drug-likeness (QED) is 0.761. The van der Waals surface area contributed by atoms with Crippen molar-refractivity contribution in [2.75, 3.05) is 27.3 Å². The van der Waals surface area contributed by atoms with Crippen LogP contribution in [-0.2, 0) is 11.2 Å². The summed E-state index contributed by atoms with van der Waals surface area (Å²) in [4.78, 5) is 23.3. The van der Waals surface area contributed by atoms with Crippen molar-refractivity contribution < 1.29 is 19.0 Å². The van der Waals surface area contributed by atoms with Crippen molar-refractivity contribution in [3.8, 4) is 17.4 Å². The molecule has 7 nitrogen and oxygen atoms in total. The maximum absolute atomic E-state index is 12.8. The van der Waals surface area contributed by atoms with Crippen LogP contribution in [0.15, 0.2) is 24.3 Å². The second-order valence-electron chi connectivity index (χ2n) is 6.98. The third-order valence-corrected chi connectivity index (χ3v) is 4.76. The minimum Gasteiger partial charge on any atom is -0.493 e. The van der Waals surface area contributed by atoms with Gasteiger partial charge in [0.05, 0.1) is 27.2 Å². The molecule has 2 aromatic rings. The van der Waals surface area contributed by atoms with Gasteiger partial charge in [-0.15, -0.1) is 0 Å². The number of aromatic nitrogens is 2. The number of nitrogens with zero attached hydrogens (tertiary/aromatic N) is 3. The summed E-state index contributed by atoms with van der Waals surface area (Å²) < 4.78 is 16.6. The number of methoxy groups -OCH3 is 2. The van der Waals surface area contributed by atoms with Crippen molar-refractivity contribution in [3.05, 3.63) is 41.3 Å². The molecule has 0 spiro atoms. The van der Waals surface area contributed by atoms with E-state index in [0.29, 0.717) is 36.2 Å². The number of likely N-dealkylation sites (tertiary alicyclic amines) is 1. The monoisotopic (exact) mass is 385 g/mol. The van der Waals surface area contributed by atoms with Gasteiger partial charge in [-0.3, -0.25) is 4.79 Å². The summed E-state index contributed by atoms with van der Waals surface area (Å²) in [6, 6.07) is 7.39. The first kappa shape index (κ1) is 19.9. The molecule has 1 amide bonds. The van der Waals surface area contributed by atoms with Gasteiger partial charge in [-0.05, 0) is 44.4 Å². The number of benzene rings is 1. The van der Waals surface area contributed by atoms with E-state index < -0.39 is 0 Å². The highest BCUT2D eigenvalue weighted by Gasteiger charge is 2.25. The van der Waals surface area contributed by atoms with Gasteiger partial charge >= 0.3 is 0 Å². The maximum Gasteiger partial charge on any atom is 0.227 e. The standard InChI is InChI=1S/C21H27N3O4/c1-14-10-20(23-15(2)22-14)28-17-6-5-9-24(13-17)21(25)12-16-7-8-18(26-3)19(11-16)27-4/h7-8,10-11,17H,5-6,9,12-13H2,1-4H3. The summed E-state index contributed by atoms with van der Waals surface area (Å²) in [5.41, 5.74) is 1.77. The van der Waals surface area contributed by atoms with Crippen LogP contribution in [0.25, 0.3) is 0 Å². The molecule has 1 unspecified atom stereocenters. The molecule has 0 saturated carbocycles. The average molecular weight is 385 g/mol. The van der Waals surface area contributed by atoms with E-state index in [2.05, 4.69) is 9.97 Å². The van der Waals surface area contributed by atoms with Crippen molar-refractivity contribution in [2.45, 2.75) is 39.2 Å². The predicted octanol–water partition coefficient (Wildman–Crippen LogP) is 2.72. The molecule has 0 aliphatic carbocycles. The SMILES string of the molecule is COc1ccc(CC(=O)N2CCCC(Oc3cc(C)nc(C)n3)C2)cc1OC. The highest BCUT2D eigenvalue weighted by atomic mass is 16.5. The molecular weight excluding hydrogens is 358 g/mol. The zero-order valence-corrected chi connectivity index (χ0v) is 16.9. The number of hydrogen-bond acceptors (Lipinski definition) is 6. The fourth-order valence-electron chi connectivity index (χ4n) is 3.45. The Morgan fingerprint density at radius 3 is 2.64 bits per heavy atom. The maximum atomic E-state index is 12.8. The van der Waals surface area contributed by atoms with Gasteiger partial charge < -0.3 is 19.1 Å². The Morgan fingerprint density at radius 1 is 1.14 bits per heavy atom. The molecule has 1 aliphatic rings. The van der Waals surface area contributed by atoms with E-state index in [4.69, 9.17) is 14.2 Å². The number of aryl methyl sites for hydroxylation is 2. The van der Waals surface area contributed by atoms with Crippen LogP contribution in [0.3, 0.4) is 0 Å². The highest BCUT2D eigenvalue weighted by molar-refractivity contribution is 5.79. The van der Waals surface area contributed by atoms with E-state index in [9.17, 15) is 4.79 Å². The molecule has 28 heavy (non-hydrogen) atoms. The highest BCUT2D eigenvalue weighted by Crippen LogP contribution is 2.28. The Labute approximate surface area is 165 Å². The molecule has 3 rings (SSSR count). The summed E-state index contributed by atoms with van der Waals surface area (Å²) in [6.07, 6.45) is 2.07. The molecule has 0 N–H and O–H groups in total. The number of carbonyl (C=O) groups excluding carboxylic acids is 1. The molecule has 0 radical (unpaired) electrons. The zero-order chi connectivity index (χ0) is 20.1. The lowest BCUT2D eigenvalue weighted by atomic mass is 10.1. The molecule has 1 aliphatic heterocycles. The molecule has 0 bridgehead atoms. The number of ether oxygens (including phenoxy) is 3. The minimum absolute atomic E-state index is 0.0585. The number of rotatable bonds is 6. The van der Waals surface area contributed by atoms with E-state index in [1.165, 1.54) is 0 Å². The normalized spacial score (nSPS) is 16.6. The second-order valence-corrected chi connectivity index (χ2v) is 6.98. The van der Waals surface area contributed by atoms with Crippen molar-refractivity contribution in [1.29, 1.82) is 0 Å². The van der Waals surface area contributed by atoms with Gasteiger partial charge in [0.25, 0.3) is 0 Å². The van der Waals surface area contributed by atoms with Crippen LogP contribution in [0.1, 0.15) is 29.9 Å². The minimum atomic E-state index is -0.0585. The summed E-state index contributed by atoms with van der Waals surface area (Å²) >= 11 is 0. The Hall–Kier alpha value is -2.83. The number of hydrogen-bond donors (Lipinski definition) is 0. The van der Waals surface area contributed by atoms with Gasteiger partial charge in [0.15, 0.2) is 11.5 Å². The predicted molar refractivity (Wildman–Crippen MR) is 105 cm³/mol. The lowest BCUT2D eigenvalue weighted by Gasteiger charge is -2.32. The topological polar surface area (TPSA) is 73.8 Å². The van der Waals surface area contributed by atoms with Gasteiger partial charge in [-0.25, -0.2) is 4.98 Å². The van der Waals surface area contributed by atoms with Crippen LogP contribution in [0.4, 0.5) is 0 Å². The first-order valence-corrected chi connectivity index (χ1v) is 9.46. The van der Waals surface area contributed by atoms with Crippen molar-refractivity contribution >= 4 is 5.91 Å². The van der Waals surface area contributed by atoms with E-state index in [0.717, 1.165) is 30.6 Å². The third kappa shape index (κ3) is 4.91. The molecule has 1 aromatic heterocycles. The van der Waals surface area contributed by atoms with Gasteiger partial charge in [-0.2, -0.15) is 4.98 Å². The summed E-state index contributed by atoms with van der Waals surface area (Å²) in [6.45, 7) is 5.07. The van der Waals surface area contributed by atoms with E-state index in [1.54, 1.807) is 14.2 Å². The number of amides is 1. The Morgan fingerprint density at radius 2 is 1.93 bits per heavy atom. The van der Waals surface area contributed by atoms with Crippen molar-refractivity contribution in [2.24, 2.45) is 0 Å². The Bertz CT molecular complexity index is 820. The largest absolute Gasteiger partial charge is 0.493 e. The van der Waals surface area contributed by atoms with E-state index in [-0.39, 0.29) is 12.0 Å². The molecule has 150 valence electrons. The molecule has 1 saturated heterocycles. The summed E-state index contributed by atoms with van der Waals surface area (Å²) in [5, 5.41) is 0. The average Bonchev–Trinajstić information content (AvgIpc) is 2.67. The molecule has 7 heteroatoms. The smallest absolute Gasteiger partial charge is 0.227 e. The van der Waals surface area contributed by atoms with Crippen molar-refractivity contribution in [1.82, 2.24) is 14.9 Å². The van der Waals surface area contributed by atoms with Gasteiger partial charge in [0.1, 0.15) is 11.9 Å². The fourth-order valence-corrected chi connectivity index (χ4v) is 3.45. The van der Waals surface area contributed by atoms with Crippen LogP contribution in [0.5, 0.6) is 17.4 Å². The Balaban J connectivity index is 1.62. The molecule has 1 aromatic carbocycles. The van der Waals surface area contributed by atoms with Crippen LogP contribution >= 0.6 is 0 Å². The summed E-state index contributed by atoms with van der Waals surface area (Å²) in [5.74, 6) is 2.62. The Kier molecular flexibility index (Phi) is 6.34. The van der Waals surface area contributed by atoms with E-state index >= 15 is 0 Å². The summed E-state index contributed by atoms with van der Waals surface area (Å²) in [7, 11) is 3.18. The van der Waals surface area contributed by atoms with Crippen LogP contribution < -0.4 is 14.2 Å². The second kappa shape index (κ2) is 8.91. The molecule has 1 fully saturated rings. The number of piperidine rings is 1. The first-order chi connectivity index (χ1) is 13.5. The van der Waals surface area contributed by atoms with Crippen molar-refractivity contribution in [3.63, 3.8) is 0 Å². The van der Waals surface area contributed by atoms with Gasteiger partial charge in [0, 0.05) is 18.3 Å². The van der Waals surface area contributed by atoms with Gasteiger partial charge in [0.2, 0.25) is 11.8 Å². The van der Waals surface area contributed by atoms with Crippen LogP contribution in [-0.4, -0.2) is 54.2 Å². The fraction of sp³-hybridized carbons (Fsp3) is 0.476. The third-order valence-electron chi connectivity index (χ3n) is 4.76. The molecular formula is C21H27N3O4. The first-order valence-electron chi connectivity index (χ1n) is 9.46. The van der Waals surface area contributed by atoms with Gasteiger partial charge in [-0.1, -0.05) is 6.07 Å². The zero-order valence-electron chi connectivity index (χ0n) is 16.9. The molecule has 2 heterocycles.